The fraction of sp³-hybridized carbons (Fsp3) is 0.333. The Morgan fingerprint density at radius 1 is 0.727 bits per heavy atom. The number of phenolic OH excluding ortho intramolecular Hbond substituents is 2. The molecule has 0 radical (unpaired) electrons. The molecular weight excluding hydrogens is 276 g/mol. The number of benzene rings is 2. The van der Waals surface area contributed by atoms with Gasteiger partial charge in [-0.3, -0.25) is 0 Å². The SMILES string of the molecule is CC(C)c1cc(/N=N/c2ccc(O)cc2)cc(C(C)C)c1O. The Balaban J connectivity index is 2.40. The van der Waals surface area contributed by atoms with E-state index >= 15 is 0 Å². The molecule has 4 nitrogen and oxygen atoms in total. The minimum absolute atomic E-state index is 0.202. The van der Waals surface area contributed by atoms with Crippen molar-refractivity contribution in [2.75, 3.05) is 0 Å². The summed E-state index contributed by atoms with van der Waals surface area (Å²) in [6.07, 6.45) is 0. The second-order valence-corrected chi connectivity index (χ2v) is 6.00. The summed E-state index contributed by atoms with van der Waals surface area (Å²) in [7, 11) is 0. The van der Waals surface area contributed by atoms with Crippen molar-refractivity contribution in [1.82, 2.24) is 0 Å². The number of phenols is 2. The smallest absolute Gasteiger partial charge is 0.122 e. The second kappa shape index (κ2) is 6.60. The molecule has 4 heteroatoms. The normalized spacial score (nSPS) is 11.7. The summed E-state index contributed by atoms with van der Waals surface area (Å²) in [4.78, 5) is 0. The van der Waals surface area contributed by atoms with Crippen molar-refractivity contribution in [1.29, 1.82) is 0 Å². The molecule has 116 valence electrons. The first-order valence-electron chi connectivity index (χ1n) is 7.46. The molecule has 0 aromatic heterocycles. The van der Waals surface area contributed by atoms with Gasteiger partial charge in [0.2, 0.25) is 0 Å². The third-order valence-corrected chi connectivity index (χ3v) is 3.53. The lowest BCUT2D eigenvalue weighted by molar-refractivity contribution is 0.454. The quantitative estimate of drug-likeness (QED) is 0.705. The first kappa shape index (κ1) is 16.0. The van der Waals surface area contributed by atoms with Crippen LogP contribution in [-0.2, 0) is 0 Å². The predicted molar refractivity (Wildman–Crippen MR) is 88.6 cm³/mol. The van der Waals surface area contributed by atoms with Gasteiger partial charge in [-0.05, 0) is 59.4 Å². The van der Waals surface area contributed by atoms with Crippen LogP contribution in [0.25, 0.3) is 0 Å². The van der Waals surface area contributed by atoms with E-state index in [-0.39, 0.29) is 17.6 Å². The van der Waals surface area contributed by atoms with Crippen LogP contribution < -0.4 is 0 Å². The molecule has 0 atom stereocenters. The van der Waals surface area contributed by atoms with Crippen molar-refractivity contribution < 1.29 is 10.2 Å². The zero-order valence-electron chi connectivity index (χ0n) is 13.4. The standard InChI is InChI=1S/C18H22N2O2/c1-11(2)16-9-14(10-17(12(3)4)18(16)22)20-19-13-5-7-15(21)8-6-13/h5-12,21-22H,1-4H3/b20-19+. The lowest BCUT2D eigenvalue weighted by atomic mass is 9.93. The average Bonchev–Trinajstić information content (AvgIpc) is 2.47. The molecular formula is C18H22N2O2. The number of hydrogen-bond donors (Lipinski definition) is 2. The third kappa shape index (κ3) is 3.64. The topological polar surface area (TPSA) is 65.2 Å². The average molecular weight is 298 g/mol. The first-order chi connectivity index (χ1) is 10.4. The van der Waals surface area contributed by atoms with Crippen LogP contribution in [0.3, 0.4) is 0 Å². The van der Waals surface area contributed by atoms with Crippen LogP contribution in [0, 0.1) is 0 Å². The van der Waals surface area contributed by atoms with Crippen molar-refractivity contribution in [2.45, 2.75) is 39.5 Å². The molecule has 0 aliphatic rings. The van der Waals surface area contributed by atoms with E-state index in [1.165, 1.54) is 0 Å². The van der Waals surface area contributed by atoms with Gasteiger partial charge in [0.1, 0.15) is 11.5 Å². The van der Waals surface area contributed by atoms with Gasteiger partial charge in [0.15, 0.2) is 0 Å². The maximum absolute atomic E-state index is 10.4. The fourth-order valence-corrected chi connectivity index (χ4v) is 2.24. The van der Waals surface area contributed by atoms with Gasteiger partial charge >= 0.3 is 0 Å². The van der Waals surface area contributed by atoms with E-state index in [1.807, 2.05) is 39.8 Å². The Kier molecular flexibility index (Phi) is 4.81. The van der Waals surface area contributed by atoms with Crippen molar-refractivity contribution in [3.05, 3.63) is 47.5 Å². The van der Waals surface area contributed by atoms with Crippen molar-refractivity contribution in [3.63, 3.8) is 0 Å². The number of azo groups is 1. The van der Waals surface area contributed by atoms with E-state index in [9.17, 15) is 10.2 Å². The van der Waals surface area contributed by atoms with Crippen LogP contribution in [0.15, 0.2) is 46.6 Å². The minimum atomic E-state index is 0.202. The van der Waals surface area contributed by atoms with Crippen molar-refractivity contribution in [2.24, 2.45) is 10.2 Å². The van der Waals surface area contributed by atoms with E-state index < -0.39 is 0 Å². The maximum Gasteiger partial charge on any atom is 0.122 e. The van der Waals surface area contributed by atoms with Gasteiger partial charge in [-0.25, -0.2) is 0 Å². The Labute approximate surface area is 131 Å². The second-order valence-electron chi connectivity index (χ2n) is 6.00. The molecule has 0 aliphatic carbocycles. The first-order valence-corrected chi connectivity index (χ1v) is 7.46. The largest absolute Gasteiger partial charge is 0.508 e. The van der Waals surface area contributed by atoms with Crippen LogP contribution in [-0.4, -0.2) is 10.2 Å². The molecule has 0 aliphatic heterocycles. The molecule has 0 saturated heterocycles. The summed E-state index contributed by atoms with van der Waals surface area (Å²) < 4.78 is 0. The van der Waals surface area contributed by atoms with E-state index in [0.717, 1.165) is 16.8 Å². The highest BCUT2D eigenvalue weighted by atomic mass is 16.3. The Morgan fingerprint density at radius 2 is 1.18 bits per heavy atom. The lowest BCUT2D eigenvalue weighted by Crippen LogP contribution is -1.95. The predicted octanol–water partition coefficient (Wildman–Crippen LogP) is 5.76. The van der Waals surface area contributed by atoms with Gasteiger partial charge < -0.3 is 10.2 Å². The minimum Gasteiger partial charge on any atom is -0.508 e. The van der Waals surface area contributed by atoms with Gasteiger partial charge in [-0.2, -0.15) is 10.2 Å². The molecule has 0 saturated carbocycles. The van der Waals surface area contributed by atoms with Gasteiger partial charge in [0, 0.05) is 0 Å². The zero-order valence-corrected chi connectivity index (χ0v) is 13.4. The Bertz CT molecular complexity index is 645. The summed E-state index contributed by atoms with van der Waals surface area (Å²) in [6.45, 7) is 8.17. The van der Waals surface area contributed by atoms with Crippen molar-refractivity contribution >= 4 is 11.4 Å². The highest BCUT2D eigenvalue weighted by Crippen LogP contribution is 2.37. The number of aromatic hydroxyl groups is 2. The van der Waals surface area contributed by atoms with Gasteiger partial charge in [-0.1, -0.05) is 27.7 Å². The van der Waals surface area contributed by atoms with Crippen LogP contribution in [0.4, 0.5) is 11.4 Å². The third-order valence-electron chi connectivity index (χ3n) is 3.53. The molecule has 0 unspecified atom stereocenters. The summed E-state index contributed by atoms with van der Waals surface area (Å²) in [5, 5.41) is 28.1. The summed E-state index contributed by atoms with van der Waals surface area (Å²) in [5.74, 6) is 0.976. The van der Waals surface area contributed by atoms with Crippen LogP contribution in [0.5, 0.6) is 11.5 Å². The summed E-state index contributed by atoms with van der Waals surface area (Å²) >= 11 is 0. The Morgan fingerprint density at radius 3 is 1.64 bits per heavy atom. The molecule has 0 amide bonds. The zero-order chi connectivity index (χ0) is 16.3. The van der Waals surface area contributed by atoms with E-state index in [0.29, 0.717) is 11.4 Å². The van der Waals surface area contributed by atoms with E-state index in [2.05, 4.69) is 10.2 Å². The van der Waals surface area contributed by atoms with Crippen molar-refractivity contribution in [3.8, 4) is 11.5 Å². The summed E-state index contributed by atoms with van der Waals surface area (Å²) in [6, 6.07) is 10.3. The van der Waals surface area contributed by atoms with Crippen LogP contribution in [0.2, 0.25) is 0 Å². The molecule has 2 N–H and O–H groups in total. The number of nitrogens with zero attached hydrogens (tertiary/aromatic N) is 2. The highest BCUT2D eigenvalue weighted by molar-refractivity contribution is 5.54. The molecule has 2 rings (SSSR count). The number of hydrogen-bond acceptors (Lipinski definition) is 4. The van der Waals surface area contributed by atoms with Crippen LogP contribution >= 0.6 is 0 Å². The highest BCUT2D eigenvalue weighted by Gasteiger charge is 2.15. The lowest BCUT2D eigenvalue weighted by Gasteiger charge is -2.15. The van der Waals surface area contributed by atoms with Gasteiger partial charge in [0.05, 0.1) is 11.4 Å². The summed E-state index contributed by atoms with van der Waals surface area (Å²) in [5.41, 5.74) is 3.15. The molecule has 22 heavy (non-hydrogen) atoms. The van der Waals surface area contributed by atoms with E-state index in [4.69, 9.17) is 0 Å². The molecule has 0 bridgehead atoms. The maximum atomic E-state index is 10.4. The van der Waals surface area contributed by atoms with E-state index in [1.54, 1.807) is 24.3 Å². The molecule has 0 heterocycles. The molecule has 0 fully saturated rings. The fourth-order valence-electron chi connectivity index (χ4n) is 2.24. The number of rotatable bonds is 4. The van der Waals surface area contributed by atoms with Crippen LogP contribution in [0.1, 0.15) is 50.7 Å². The molecule has 0 spiro atoms. The van der Waals surface area contributed by atoms with Gasteiger partial charge in [0.25, 0.3) is 0 Å². The Hall–Kier alpha value is -2.36. The monoisotopic (exact) mass is 298 g/mol. The van der Waals surface area contributed by atoms with Gasteiger partial charge in [-0.15, -0.1) is 0 Å². The molecule has 2 aromatic rings. The molecule has 2 aromatic carbocycles.